The lowest BCUT2D eigenvalue weighted by atomic mass is 9.98. The van der Waals surface area contributed by atoms with Crippen LogP contribution in [0, 0.1) is 6.92 Å². The van der Waals surface area contributed by atoms with Gasteiger partial charge in [0, 0.05) is 5.56 Å². The highest BCUT2D eigenvalue weighted by Gasteiger charge is 2.06. The van der Waals surface area contributed by atoms with E-state index in [2.05, 4.69) is 49.7 Å². The maximum atomic E-state index is 5.78. The lowest BCUT2D eigenvalue weighted by Crippen LogP contribution is -1.95. The van der Waals surface area contributed by atoms with Crippen molar-refractivity contribution in [1.82, 2.24) is 4.98 Å². The molecule has 2 heteroatoms. The summed E-state index contributed by atoms with van der Waals surface area (Å²) in [5, 5.41) is 0. The van der Waals surface area contributed by atoms with E-state index < -0.39 is 0 Å². The Morgan fingerprint density at radius 3 is 2.79 bits per heavy atom. The van der Waals surface area contributed by atoms with Crippen molar-refractivity contribution in [3.8, 4) is 11.3 Å². The van der Waals surface area contributed by atoms with E-state index in [1.165, 1.54) is 11.1 Å². The van der Waals surface area contributed by atoms with Gasteiger partial charge in [0.1, 0.15) is 5.82 Å². The molecule has 0 aliphatic carbocycles. The number of rotatable bonds is 4. The molecule has 2 N–H and O–H groups in total. The van der Waals surface area contributed by atoms with Crippen LogP contribution in [-0.2, 0) is 0 Å². The second-order valence-corrected chi connectivity index (χ2v) is 4.84. The number of hydrogen-bond acceptors (Lipinski definition) is 2. The third-order valence-corrected chi connectivity index (χ3v) is 3.21. The minimum atomic E-state index is 0.554. The number of pyridine rings is 1. The Balaban J connectivity index is 2.43. The van der Waals surface area contributed by atoms with Crippen LogP contribution in [0.3, 0.4) is 0 Å². The molecular formula is C17H20N2. The molecule has 0 saturated carbocycles. The van der Waals surface area contributed by atoms with Gasteiger partial charge in [0.05, 0.1) is 5.69 Å². The zero-order valence-electron chi connectivity index (χ0n) is 11.6. The molecule has 0 radical (unpaired) electrons. The Morgan fingerprint density at radius 2 is 2.05 bits per heavy atom. The van der Waals surface area contributed by atoms with E-state index in [0.717, 1.165) is 29.7 Å². The average molecular weight is 252 g/mol. The van der Waals surface area contributed by atoms with E-state index in [-0.39, 0.29) is 0 Å². The Morgan fingerprint density at radius 1 is 1.26 bits per heavy atom. The number of nitrogens with zero attached hydrogens (tertiary/aromatic N) is 1. The topological polar surface area (TPSA) is 38.9 Å². The maximum Gasteiger partial charge on any atom is 0.124 e. The Kier molecular flexibility index (Phi) is 4.00. The third kappa shape index (κ3) is 3.02. The lowest BCUT2D eigenvalue weighted by molar-refractivity contribution is 0.975. The van der Waals surface area contributed by atoms with Crippen molar-refractivity contribution in [2.75, 3.05) is 5.73 Å². The van der Waals surface area contributed by atoms with Gasteiger partial charge >= 0.3 is 0 Å². The first-order valence-electron chi connectivity index (χ1n) is 6.63. The minimum Gasteiger partial charge on any atom is -0.384 e. The van der Waals surface area contributed by atoms with Gasteiger partial charge in [-0.15, -0.1) is 0 Å². The Bertz CT molecular complexity index is 600. The molecule has 0 fully saturated rings. The molecule has 0 amide bonds. The molecule has 0 saturated heterocycles. The Hall–Kier alpha value is -2.09. The molecule has 1 heterocycles. The van der Waals surface area contributed by atoms with Crippen molar-refractivity contribution >= 4 is 11.4 Å². The summed E-state index contributed by atoms with van der Waals surface area (Å²) >= 11 is 0. The zero-order chi connectivity index (χ0) is 13.8. The largest absolute Gasteiger partial charge is 0.384 e. The van der Waals surface area contributed by atoms with Gasteiger partial charge in [0.25, 0.3) is 0 Å². The van der Waals surface area contributed by atoms with Crippen LogP contribution in [0.1, 0.15) is 30.9 Å². The average Bonchev–Trinajstić information content (AvgIpc) is 2.42. The van der Waals surface area contributed by atoms with Gasteiger partial charge in [-0.25, -0.2) is 4.98 Å². The predicted molar refractivity (Wildman–Crippen MR) is 82.8 cm³/mol. The summed E-state index contributed by atoms with van der Waals surface area (Å²) in [4.78, 5) is 4.44. The molecule has 1 aromatic heterocycles. The molecule has 2 rings (SSSR count). The van der Waals surface area contributed by atoms with Crippen molar-refractivity contribution in [2.45, 2.75) is 26.7 Å². The molecule has 2 nitrogen and oxygen atoms in total. The van der Waals surface area contributed by atoms with Gasteiger partial charge in [-0.2, -0.15) is 0 Å². The van der Waals surface area contributed by atoms with Gasteiger partial charge in [0.2, 0.25) is 0 Å². The monoisotopic (exact) mass is 252 g/mol. The summed E-state index contributed by atoms with van der Waals surface area (Å²) in [6.07, 6.45) is 2.13. The quantitative estimate of drug-likeness (QED) is 0.873. The number of benzene rings is 1. The van der Waals surface area contributed by atoms with Crippen molar-refractivity contribution in [2.24, 2.45) is 0 Å². The first kappa shape index (κ1) is 13.3. The fourth-order valence-electron chi connectivity index (χ4n) is 2.17. The molecule has 98 valence electrons. The Labute approximate surface area is 115 Å². The first-order valence-corrected chi connectivity index (χ1v) is 6.63. The van der Waals surface area contributed by atoms with Crippen molar-refractivity contribution in [3.63, 3.8) is 0 Å². The van der Waals surface area contributed by atoms with E-state index >= 15 is 0 Å². The molecular weight excluding hydrogens is 232 g/mol. The van der Waals surface area contributed by atoms with E-state index in [1.807, 2.05) is 12.1 Å². The summed E-state index contributed by atoms with van der Waals surface area (Å²) in [5.41, 5.74) is 11.3. The number of aryl methyl sites for hydroxylation is 1. The number of hydrogen-bond donors (Lipinski definition) is 1. The lowest BCUT2D eigenvalue weighted by Gasteiger charge is -2.09. The highest BCUT2D eigenvalue weighted by atomic mass is 14.8. The van der Waals surface area contributed by atoms with E-state index in [4.69, 9.17) is 5.73 Å². The van der Waals surface area contributed by atoms with Crippen molar-refractivity contribution in [3.05, 3.63) is 54.1 Å². The molecule has 2 aromatic rings. The zero-order valence-corrected chi connectivity index (χ0v) is 11.6. The molecule has 19 heavy (non-hydrogen) atoms. The van der Waals surface area contributed by atoms with Crippen LogP contribution in [0.2, 0.25) is 0 Å². The number of nitrogen functional groups attached to an aromatic ring is 1. The van der Waals surface area contributed by atoms with Crippen LogP contribution >= 0.6 is 0 Å². The van der Waals surface area contributed by atoms with E-state index in [9.17, 15) is 0 Å². The third-order valence-electron chi connectivity index (χ3n) is 3.21. The standard InChI is InChI=1S/C17H20N2/c1-4-6-12(2)14-7-5-8-15(11-14)17-13(3)9-10-16(18)19-17/h5,7-11H,2,4,6H2,1,3H3,(H2,18,19). The SMILES string of the molecule is C=C(CCC)c1cccc(-c2nc(N)ccc2C)c1. The summed E-state index contributed by atoms with van der Waals surface area (Å²) in [6.45, 7) is 8.36. The highest BCUT2D eigenvalue weighted by Crippen LogP contribution is 2.26. The predicted octanol–water partition coefficient (Wildman–Crippen LogP) is 4.45. The molecule has 0 aliphatic heterocycles. The highest BCUT2D eigenvalue weighted by molar-refractivity contribution is 5.72. The molecule has 0 aliphatic rings. The fraction of sp³-hybridized carbons (Fsp3) is 0.235. The van der Waals surface area contributed by atoms with Gasteiger partial charge < -0.3 is 5.73 Å². The molecule has 1 aromatic carbocycles. The number of nitrogens with two attached hydrogens (primary N) is 1. The van der Waals surface area contributed by atoms with Crippen molar-refractivity contribution in [1.29, 1.82) is 0 Å². The maximum absolute atomic E-state index is 5.78. The van der Waals surface area contributed by atoms with E-state index in [1.54, 1.807) is 0 Å². The van der Waals surface area contributed by atoms with Crippen LogP contribution in [0.25, 0.3) is 16.8 Å². The minimum absolute atomic E-state index is 0.554. The van der Waals surface area contributed by atoms with Gasteiger partial charge in [-0.1, -0.05) is 44.2 Å². The van der Waals surface area contributed by atoms with Crippen molar-refractivity contribution < 1.29 is 0 Å². The van der Waals surface area contributed by atoms with Crippen LogP contribution in [0.5, 0.6) is 0 Å². The van der Waals surface area contributed by atoms with Crippen LogP contribution in [-0.4, -0.2) is 4.98 Å². The normalized spacial score (nSPS) is 10.4. The number of aromatic nitrogens is 1. The molecule has 0 unspecified atom stereocenters. The molecule has 0 atom stereocenters. The van der Waals surface area contributed by atoms with Crippen LogP contribution in [0.4, 0.5) is 5.82 Å². The summed E-state index contributed by atoms with van der Waals surface area (Å²) in [5.74, 6) is 0.554. The second-order valence-electron chi connectivity index (χ2n) is 4.84. The van der Waals surface area contributed by atoms with Crippen LogP contribution in [0.15, 0.2) is 43.0 Å². The van der Waals surface area contributed by atoms with Gasteiger partial charge in [0.15, 0.2) is 0 Å². The fourth-order valence-corrected chi connectivity index (χ4v) is 2.17. The summed E-state index contributed by atoms with van der Waals surface area (Å²) in [7, 11) is 0. The smallest absolute Gasteiger partial charge is 0.124 e. The number of anilines is 1. The molecule has 0 bridgehead atoms. The van der Waals surface area contributed by atoms with Gasteiger partial charge in [-0.05, 0) is 42.2 Å². The summed E-state index contributed by atoms with van der Waals surface area (Å²) < 4.78 is 0. The second kappa shape index (κ2) is 5.70. The molecule has 0 spiro atoms. The van der Waals surface area contributed by atoms with Crippen LogP contribution < -0.4 is 5.73 Å². The van der Waals surface area contributed by atoms with Gasteiger partial charge in [-0.3, -0.25) is 0 Å². The summed E-state index contributed by atoms with van der Waals surface area (Å²) in [6, 6.07) is 12.2. The van der Waals surface area contributed by atoms with E-state index in [0.29, 0.717) is 5.82 Å². The number of allylic oxidation sites excluding steroid dienone is 1. The first-order chi connectivity index (χ1) is 9.11.